The predicted molar refractivity (Wildman–Crippen MR) is 203 cm³/mol. The Balaban J connectivity index is 1.16. The predicted octanol–water partition coefficient (Wildman–Crippen LogP) is 7.48. The van der Waals surface area contributed by atoms with E-state index in [2.05, 4.69) is 59.2 Å². The number of pyridine rings is 1. The van der Waals surface area contributed by atoms with Crippen LogP contribution in [-0.2, 0) is 23.1 Å². The molecule has 3 aromatic rings. The van der Waals surface area contributed by atoms with Gasteiger partial charge in [-0.15, -0.1) is 0 Å². The van der Waals surface area contributed by atoms with E-state index in [4.69, 9.17) is 16.3 Å². The molecule has 4 aliphatic rings. The highest BCUT2D eigenvalue weighted by atomic mass is 35.5. The second-order valence-corrected chi connectivity index (χ2v) is 16.6. The summed E-state index contributed by atoms with van der Waals surface area (Å²) in [5.41, 5.74) is 5.90. The molecule has 2 aromatic carbocycles. The third-order valence-electron chi connectivity index (χ3n) is 12.9. The van der Waals surface area contributed by atoms with Gasteiger partial charge in [0.1, 0.15) is 11.3 Å². The molecule has 0 bridgehead atoms. The number of aryl methyl sites for hydroxylation is 1. The fourth-order valence-corrected chi connectivity index (χ4v) is 10.1. The molecule has 0 radical (unpaired) electrons. The summed E-state index contributed by atoms with van der Waals surface area (Å²) in [6, 6.07) is 16.3. The Morgan fingerprint density at radius 2 is 1.88 bits per heavy atom. The maximum absolute atomic E-state index is 13.0. The van der Waals surface area contributed by atoms with Gasteiger partial charge in [0, 0.05) is 54.3 Å². The SMILES string of the molecule is C[C@@H](COc1ccnc2c1[C@H](C)CCC2)C[C@H]1Cc2ccc([C@H](CO)N3CCN(C)CC3)cc2C12CCC(Nc1cccc(Cl)c1)(C(=O)O)CC2. The molecule has 1 aromatic heterocycles. The first-order chi connectivity index (χ1) is 24.6. The second-order valence-electron chi connectivity index (χ2n) is 16.1. The number of carbonyl (C=O) groups is 1. The summed E-state index contributed by atoms with van der Waals surface area (Å²) in [5, 5.41) is 25.4. The number of piperazine rings is 1. The van der Waals surface area contributed by atoms with E-state index in [9.17, 15) is 15.0 Å². The molecule has 0 unspecified atom stereocenters. The lowest BCUT2D eigenvalue weighted by molar-refractivity contribution is -0.144. The van der Waals surface area contributed by atoms with E-state index in [0.29, 0.717) is 42.2 Å². The molecule has 1 saturated carbocycles. The monoisotopic (exact) mass is 714 g/mol. The molecular formula is C42H55ClN4O4. The number of nitrogens with one attached hydrogen (secondary N) is 1. The van der Waals surface area contributed by atoms with Crippen LogP contribution in [0.4, 0.5) is 5.69 Å². The average molecular weight is 715 g/mol. The number of hydrogen-bond donors (Lipinski definition) is 3. The van der Waals surface area contributed by atoms with Crippen molar-refractivity contribution in [1.82, 2.24) is 14.8 Å². The van der Waals surface area contributed by atoms with E-state index in [0.717, 1.165) is 69.7 Å². The number of anilines is 1. The standard InChI is InChI=1S/C42H55ClN4O4/c1-28(27-51-38-12-17-44-36-9-4-6-29(2)39(36)38)22-32-23-30-10-11-31(37(26-48)47-20-18-46(3)19-21-47)24-35(30)41(32)13-15-42(16-14-41,40(49)50)45-34-8-5-7-33(43)25-34/h5,7-8,10-12,17,24-25,28-29,32,37,45,48H,4,6,9,13-16,18-23,26-27H2,1-3H3,(H,49,50)/t28-,29-,32+,37+,41?,42?/m1/s1. The number of likely N-dealkylation sites (N-methyl/N-ethyl adjacent to an activating group) is 1. The fourth-order valence-electron chi connectivity index (χ4n) is 9.89. The van der Waals surface area contributed by atoms with Gasteiger partial charge in [0.15, 0.2) is 0 Å². The molecule has 1 spiro atoms. The van der Waals surface area contributed by atoms with Crippen LogP contribution in [0.15, 0.2) is 54.7 Å². The maximum Gasteiger partial charge on any atom is 0.329 e. The van der Waals surface area contributed by atoms with Crippen molar-refractivity contribution in [3.63, 3.8) is 0 Å². The van der Waals surface area contributed by atoms with Gasteiger partial charge in [0.2, 0.25) is 0 Å². The van der Waals surface area contributed by atoms with Gasteiger partial charge in [-0.25, -0.2) is 4.79 Å². The number of carboxylic acid groups (broad SMARTS) is 1. The highest BCUT2D eigenvalue weighted by molar-refractivity contribution is 6.30. The minimum atomic E-state index is -1.07. The van der Waals surface area contributed by atoms with Gasteiger partial charge in [-0.05, 0) is 129 Å². The summed E-state index contributed by atoms with van der Waals surface area (Å²) in [5.74, 6) is 1.31. The number of aliphatic hydroxyl groups excluding tert-OH is 1. The number of rotatable bonds is 11. The van der Waals surface area contributed by atoms with E-state index in [1.165, 1.54) is 40.8 Å². The second kappa shape index (κ2) is 15.1. The van der Waals surface area contributed by atoms with Gasteiger partial charge >= 0.3 is 5.97 Å². The molecule has 0 amide bonds. The number of fused-ring (bicyclic) bond motifs is 3. The van der Waals surface area contributed by atoms with Gasteiger partial charge < -0.3 is 25.2 Å². The van der Waals surface area contributed by atoms with E-state index in [1.807, 2.05) is 36.5 Å². The molecule has 3 N–H and O–H groups in total. The van der Waals surface area contributed by atoms with Crippen LogP contribution in [0.2, 0.25) is 5.02 Å². The molecule has 274 valence electrons. The van der Waals surface area contributed by atoms with E-state index in [-0.39, 0.29) is 18.1 Å². The molecule has 9 heteroatoms. The quantitative estimate of drug-likeness (QED) is 0.188. The van der Waals surface area contributed by atoms with Crippen molar-refractivity contribution < 1.29 is 19.7 Å². The molecule has 1 saturated heterocycles. The number of aliphatic carboxylic acids is 1. The van der Waals surface area contributed by atoms with E-state index >= 15 is 0 Å². The van der Waals surface area contributed by atoms with Crippen LogP contribution < -0.4 is 10.1 Å². The van der Waals surface area contributed by atoms with Gasteiger partial charge in [-0.1, -0.05) is 49.7 Å². The van der Waals surface area contributed by atoms with Crippen molar-refractivity contribution in [2.75, 3.05) is 51.8 Å². The van der Waals surface area contributed by atoms with Crippen molar-refractivity contribution in [1.29, 1.82) is 0 Å². The van der Waals surface area contributed by atoms with Crippen molar-refractivity contribution in [2.45, 2.75) is 94.5 Å². The third kappa shape index (κ3) is 7.26. The Morgan fingerprint density at radius 3 is 2.61 bits per heavy atom. The molecule has 7 rings (SSSR count). The van der Waals surface area contributed by atoms with Crippen LogP contribution in [0, 0.1) is 11.8 Å². The number of aliphatic hydroxyl groups is 1. The molecule has 4 atom stereocenters. The molecular weight excluding hydrogens is 660 g/mol. The lowest BCUT2D eigenvalue weighted by Crippen LogP contribution is -2.53. The smallest absolute Gasteiger partial charge is 0.329 e. The molecule has 2 heterocycles. The Bertz CT molecular complexity index is 1700. The van der Waals surface area contributed by atoms with E-state index in [1.54, 1.807) is 0 Å². The zero-order valence-electron chi connectivity index (χ0n) is 30.5. The zero-order chi connectivity index (χ0) is 35.8. The summed E-state index contributed by atoms with van der Waals surface area (Å²) in [4.78, 5) is 22.5. The summed E-state index contributed by atoms with van der Waals surface area (Å²) in [7, 11) is 2.16. The first-order valence-electron chi connectivity index (χ1n) is 19.2. The lowest BCUT2D eigenvalue weighted by Gasteiger charge is -2.47. The topological polar surface area (TPSA) is 98.2 Å². The Hall–Kier alpha value is -3.17. The van der Waals surface area contributed by atoms with Crippen LogP contribution in [0.25, 0.3) is 0 Å². The molecule has 51 heavy (non-hydrogen) atoms. The zero-order valence-corrected chi connectivity index (χ0v) is 31.3. The highest BCUT2D eigenvalue weighted by Crippen LogP contribution is 2.56. The average Bonchev–Trinajstić information content (AvgIpc) is 3.40. The van der Waals surface area contributed by atoms with Gasteiger partial charge in [0.25, 0.3) is 0 Å². The number of carboxylic acids is 1. The number of aromatic nitrogens is 1. The van der Waals surface area contributed by atoms with Crippen molar-refractivity contribution >= 4 is 23.3 Å². The summed E-state index contributed by atoms with van der Waals surface area (Å²) in [6.07, 6.45) is 9.82. The minimum Gasteiger partial charge on any atom is -0.493 e. The van der Waals surface area contributed by atoms with Gasteiger partial charge in [0.05, 0.1) is 19.3 Å². The molecule has 1 aliphatic heterocycles. The first-order valence-corrected chi connectivity index (χ1v) is 19.5. The Morgan fingerprint density at radius 1 is 1.10 bits per heavy atom. The normalized spacial score (nSPS) is 27.8. The summed E-state index contributed by atoms with van der Waals surface area (Å²) < 4.78 is 6.60. The minimum absolute atomic E-state index is 0.0488. The van der Waals surface area contributed by atoms with Crippen molar-refractivity contribution in [3.8, 4) is 5.75 Å². The van der Waals surface area contributed by atoms with Gasteiger partial charge in [-0.3, -0.25) is 9.88 Å². The summed E-state index contributed by atoms with van der Waals surface area (Å²) >= 11 is 6.31. The largest absolute Gasteiger partial charge is 0.493 e. The fraction of sp³-hybridized carbons (Fsp3) is 0.571. The molecule has 8 nitrogen and oxygen atoms in total. The third-order valence-corrected chi connectivity index (χ3v) is 13.1. The summed E-state index contributed by atoms with van der Waals surface area (Å²) in [6.45, 7) is 9.16. The van der Waals surface area contributed by atoms with Crippen LogP contribution in [0.5, 0.6) is 5.75 Å². The lowest BCUT2D eigenvalue weighted by atomic mass is 9.59. The number of hydrogen-bond acceptors (Lipinski definition) is 7. The van der Waals surface area contributed by atoms with Crippen molar-refractivity contribution in [2.24, 2.45) is 11.8 Å². The van der Waals surface area contributed by atoms with Gasteiger partial charge in [-0.2, -0.15) is 0 Å². The number of nitrogens with zero attached hydrogens (tertiary/aromatic N) is 3. The van der Waals surface area contributed by atoms with Crippen LogP contribution in [0.3, 0.4) is 0 Å². The Labute approximate surface area is 308 Å². The van der Waals surface area contributed by atoms with Crippen LogP contribution in [0.1, 0.15) is 98.7 Å². The van der Waals surface area contributed by atoms with E-state index < -0.39 is 11.5 Å². The van der Waals surface area contributed by atoms with Crippen LogP contribution >= 0.6 is 11.6 Å². The molecule has 3 aliphatic carbocycles. The number of ether oxygens (including phenoxy) is 1. The molecule has 2 fully saturated rings. The number of halogens is 1. The first kappa shape index (κ1) is 36.2. The maximum atomic E-state index is 13.0. The van der Waals surface area contributed by atoms with Crippen molar-refractivity contribution in [3.05, 3.63) is 87.7 Å². The van der Waals surface area contributed by atoms with Crippen LogP contribution in [-0.4, -0.2) is 82.9 Å². The highest BCUT2D eigenvalue weighted by Gasteiger charge is 2.54. The Kier molecular flexibility index (Phi) is 10.7. The number of benzene rings is 2.